The number of hydrogen-bond donors (Lipinski definition) is 2. The summed E-state index contributed by atoms with van der Waals surface area (Å²) in [5.41, 5.74) is 1.68. The van der Waals surface area contributed by atoms with E-state index >= 15 is 0 Å². The van der Waals surface area contributed by atoms with E-state index in [1.807, 2.05) is 6.92 Å². The molecular formula is C19H17FN4O2S. The molecule has 0 saturated heterocycles. The molecule has 138 valence electrons. The summed E-state index contributed by atoms with van der Waals surface area (Å²) >= 11 is 1.24. The number of aryl methyl sites for hydroxylation is 1. The molecule has 0 fully saturated rings. The third-order valence-corrected chi connectivity index (χ3v) is 4.78. The van der Waals surface area contributed by atoms with Crippen LogP contribution >= 0.6 is 11.3 Å². The first-order chi connectivity index (χ1) is 13.0. The van der Waals surface area contributed by atoms with E-state index < -0.39 is 0 Å². The van der Waals surface area contributed by atoms with Crippen molar-refractivity contribution in [2.24, 2.45) is 0 Å². The lowest BCUT2D eigenvalue weighted by Gasteiger charge is -2.08. The maximum Gasteiger partial charge on any atom is 0.286 e. The van der Waals surface area contributed by atoms with Gasteiger partial charge in [-0.3, -0.25) is 9.59 Å². The van der Waals surface area contributed by atoms with Crippen LogP contribution < -0.4 is 10.6 Å². The smallest absolute Gasteiger partial charge is 0.286 e. The van der Waals surface area contributed by atoms with Gasteiger partial charge in [-0.05, 0) is 42.3 Å². The zero-order chi connectivity index (χ0) is 19.2. The molecule has 0 radical (unpaired) electrons. The maximum atomic E-state index is 12.9. The quantitative estimate of drug-likeness (QED) is 0.682. The van der Waals surface area contributed by atoms with Crippen molar-refractivity contribution >= 4 is 28.8 Å². The van der Waals surface area contributed by atoms with Gasteiger partial charge in [-0.25, -0.2) is 4.39 Å². The first kappa shape index (κ1) is 18.7. The number of carbonyl (C=O) groups is 2. The molecule has 0 aliphatic rings. The number of halogens is 1. The lowest BCUT2D eigenvalue weighted by molar-refractivity contribution is 0.0949. The van der Waals surface area contributed by atoms with Crippen LogP contribution in [0.2, 0.25) is 0 Å². The SMILES string of the molecule is CCc1nnc(C(=O)Nc2cccc(C(=O)NCc3ccc(F)cc3)c2)s1. The van der Waals surface area contributed by atoms with Crippen LogP contribution in [0.5, 0.6) is 0 Å². The van der Waals surface area contributed by atoms with E-state index in [4.69, 9.17) is 0 Å². The van der Waals surface area contributed by atoms with Crippen LogP contribution in [-0.4, -0.2) is 22.0 Å². The number of nitrogens with zero attached hydrogens (tertiary/aromatic N) is 2. The molecule has 1 aromatic heterocycles. The summed E-state index contributed by atoms with van der Waals surface area (Å²) < 4.78 is 12.9. The minimum absolute atomic E-state index is 0.276. The predicted molar refractivity (Wildman–Crippen MR) is 101 cm³/mol. The molecule has 1 heterocycles. The third kappa shape index (κ3) is 4.95. The van der Waals surface area contributed by atoms with Crippen LogP contribution in [0, 0.1) is 5.82 Å². The number of anilines is 1. The summed E-state index contributed by atoms with van der Waals surface area (Å²) in [6, 6.07) is 12.5. The van der Waals surface area contributed by atoms with Crippen molar-refractivity contribution in [3.05, 3.63) is 75.5 Å². The van der Waals surface area contributed by atoms with Crippen molar-refractivity contribution in [2.75, 3.05) is 5.32 Å². The number of amides is 2. The Balaban J connectivity index is 1.62. The molecule has 0 spiro atoms. The summed E-state index contributed by atoms with van der Waals surface area (Å²) in [6.07, 6.45) is 0.717. The molecule has 6 nitrogen and oxygen atoms in total. The van der Waals surface area contributed by atoms with Gasteiger partial charge in [0.05, 0.1) is 0 Å². The normalized spacial score (nSPS) is 10.4. The van der Waals surface area contributed by atoms with E-state index in [1.54, 1.807) is 36.4 Å². The molecule has 0 saturated carbocycles. The van der Waals surface area contributed by atoms with Gasteiger partial charge in [0.2, 0.25) is 5.01 Å². The van der Waals surface area contributed by atoms with Gasteiger partial charge >= 0.3 is 0 Å². The topological polar surface area (TPSA) is 84.0 Å². The molecule has 0 unspecified atom stereocenters. The zero-order valence-corrected chi connectivity index (χ0v) is 15.3. The number of benzene rings is 2. The fourth-order valence-corrected chi connectivity index (χ4v) is 2.97. The number of carbonyl (C=O) groups excluding carboxylic acids is 2. The van der Waals surface area contributed by atoms with Crippen molar-refractivity contribution in [1.82, 2.24) is 15.5 Å². The lowest BCUT2D eigenvalue weighted by Crippen LogP contribution is -2.23. The summed E-state index contributed by atoms with van der Waals surface area (Å²) in [6.45, 7) is 2.22. The van der Waals surface area contributed by atoms with Gasteiger partial charge in [0, 0.05) is 17.8 Å². The van der Waals surface area contributed by atoms with E-state index in [0.29, 0.717) is 17.7 Å². The summed E-state index contributed by atoms with van der Waals surface area (Å²) in [4.78, 5) is 24.5. The highest BCUT2D eigenvalue weighted by Crippen LogP contribution is 2.15. The second kappa shape index (κ2) is 8.50. The van der Waals surface area contributed by atoms with Crippen molar-refractivity contribution < 1.29 is 14.0 Å². The Morgan fingerprint density at radius 3 is 2.56 bits per heavy atom. The number of rotatable bonds is 6. The van der Waals surface area contributed by atoms with Gasteiger partial charge in [-0.15, -0.1) is 10.2 Å². The molecule has 2 N–H and O–H groups in total. The molecule has 27 heavy (non-hydrogen) atoms. The minimum atomic E-state index is -0.365. The standard InChI is InChI=1S/C19H17FN4O2S/c1-2-16-23-24-19(27-16)18(26)22-15-5-3-4-13(10-15)17(25)21-11-12-6-8-14(20)9-7-12/h3-10H,2,11H2,1H3,(H,21,25)(H,22,26). The Kier molecular flexibility index (Phi) is 5.87. The molecule has 0 aliphatic heterocycles. The fraction of sp³-hybridized carbons (Fsp3) is 0.158. The number of nitrogens with one attached hydrogen (secondary N) is 2. The molecule has 2 amide bonds. The average molecular weight is 384 g/mol. The second-order valence-electron chi connectivity index (χ2n) is 5.70. The number of hydrogen-bond acceptors (Lipinski definition) is 5. The first-order valence-corrected chi connectivity index (χ1v) is 9.13. The highest BCUT2D eigenvalue weighted by Gasteiger charge is 2.13. The van der Waals surface area contributed by atoms with Gasteiger partial charge in [-0.1, -0.05) is 36.5 Å². The van der Waals surface area contributed by atoms with Crippen molar-refractivity contribution in [3.8, 4) is 0 Å². The zero-order valence-electron chi connectivity index (χ0n) is 14.5. The van der Waals surface area contributed by atoms with Crippen molar-refractivity contribution in [3.63, 3.8) is 0 Å². The summed E-state index contributed by atoms with van der Waals surface area (Å²) in [5, 5.41) is 14.3. The monoisotopic (exact) mass is 384 g/mol. The van der Waals surface area contributed by atoms with Crippen LogP contribution in [0.1, 0.15) is 37.7 Å². The molecule has 2 aromatic carbocycles. The summed E-state index contributed by atoms with van der Waals surface area (Å²) in [7, 11) is 0. The highest BCUT2D eigenvalue weighted by atomic mass is 32.1. The molecule has 3 aromatic rings. The maximum absolute atomic E-state index is 12.9. The van der Waals surface area contributed by atoms with Gasteiger partial charge in [0.25, 0.3) is 11.8 Å². The molecule has 0 bridgehead atoms. The predicted octanol–water partition coefficient (Wildman–Crippen LogP) is 3.42. The van der Waals surface area contributed by atoms with E-state index in [-0.39, 0.29) is 29.2 Å². The minimum Gasteiger partial charge on any atom is -0.348 e. The Morgan fingerprint density at radius 1 is 1.07 bits per heavy atom. The van der Waals surface area contributed by atoms with Crippen molar-refractivity contribution in [1.29, 1.82) is 0 Å². The van der Waals surface area contributed by atoms with Crippen LogP contribution in [0.4, 0.5) is 10.1 Å². The summed E-state index contributed by atoms with van der Waals surface area (Å²) in [5.74, 6) is -0.981. The molecule has 0 aliphatic carbocycles. The van der Waals surface area contributed by atoms with Crippen molar-refractivity contribution in [2.45, 2.75) is 19.9 Å². The van der Waals surface area contributed by atoms with E-state index in [2.05, 4.69) is 20.8 Å². The Labute approximate surface area is 159 Å². The van der Waals surface area contributed by atoms with Crippen LogP contribution in [0.15, 0.2) is 48.5 Å². The molecule has 8 heteroatoms. The van der Waals surface area contributed by atoms with Crippen LogP contribution in [-0.2, 0) is 13.0 Å². The molecule has 0 atom stereocenters. The van der Waals surface area contributed by atoms with Gasteiger partial charge in [-0.2, -0.15) is 0 Å². The third-order valence-electron chi connectivity index (χ3n) is 3.71. The van der Waals surface area contributed by atoms with Gasteiger partial charge < -0.3 is 10.6 Å². The van der Waals surface area contributed by atoms with Crippen LogP contribution in [0.3, 0.4) is 0 Å². The van der Waals surface area contributed by atoms with E-state index in [0.717, 1.165) is 10.6 Å². The molecule has 3 rings (SSSR count). The average Bonchev–Trinajstić information content (AvgIpc) is 3.17. The Bertz CT molecular complexity index is 956. The fourth-order valence-electron chi connectivity index (χ4n) is 2.30. The van der Waals surface area contributed by atoms with E-state index in [9.17, 15) is 14.0 Å². The first-order valence-electron chi connectivity index (χ1n) is 8.31. The van der Waals surface area contributed by atoms with Gasteiger partial charge in [0.1, 0.15) is 10.8 Å². The second-order valence-corrected chi connectivity index (χ2v) is 6.76. The lowest BCUT2D eigenvalue weighted by atomic mass is 10.1. The largest absolute Gasteiger partial charge is 0.348 e. The van der Waals surface area contributed by atoms with E-state index in [1.165, 1.54) is 23.5 Å². The van der Waals surface area contributed by atoms with Crippen LogP contribution in [0.25, 0.3) is 0 Å². The van der Waals surface area contributed by atoms with Gasteiger partial charge in [0.15, 0.2) is 0 Å². The number of aromatic nitrogens is 2. The highest BCUT2D eigenvalue weighted by molar-refractivity contribution is 7.13. The Hall–Kier alpha value is -3.13. The Morgan fingerprint density at radius 2 is 1.85 bits per heavy atom. The molecular weight excluding hydrogens is 367 g/mol.